The fraction of sp³-hybridized carbons (Fsp3) is 0.222. The lowest BCUT2D eigenvalue weighted by Gasteiger charge is -2.05. The van der Waals surface area contributed by atoms with Crippen LogP contribution in [0.4, 0.5) is 0 Å². The van der Waals surface area contributed by atoms with E-state index in [4.69, 9.17) is 4.74 Å². The molecule has 0 aliphatic rings. The molecule has 0 aliphatic carbocycles. The Morgan fingerprint density at radius 2 is 0.564 bits per heavy atom. The van der Waals surface area contributed by atoms with Crippen LogP contribution in [-0.4, -0.2) is 0 Å². The van der Waals surface area contributed by atoms with Crippen molar-refractivity contribution in [1.82, 2.24) is 0 Å². The summed E-state index contributed by atoms with van der Waals surface area (Å²) in [5, 5.41) is 0. The summed E-state index contributed by atoms with van der Waals surface area (Å²) in [6, 6.07) is 57.0. The van der Waals surface area contributed by atoms with E-state index < -0.39 is 0 Å². The fourth-order valence-corrected chi connectivity index (χ4v) is 5.33. The Hall–Kier alpha value is -5.66. The average Bonchev–Trinajstić information content (AvgIpc) is 3.16. The van der Waals surface area contributed by atoms with Crippen molar-refractivity contribution in [3.63, 3.8) is 0 Å². The maximum absolute atomic E-state index is 5.69. The predicted molar refractivity (Wildman–Crippen MR) is 240 cm³/mol. The highest BCUT2D eigenvalue weighted by Gasteiger charge is 1.97. The Morgan fingerprint density at radius 3 is 0.855 bits per heavy atom. The largest absolute Gasteiger partial charge is 0.457 e. The quantitative estimate of drug-likeness (QED) is 0.175. The highest BCUT2D eigenvalue weighted by atomic mass is 16.5. The number of benzene rings is 7. The number of hydrogen-bond acceptors (Lipinski definition) is 1. The molecule has 0 amide bonds. The molecule has 0 aliphatic heterocycles. The second-order valence-corrected chi connectivity index (χ2v) is 14.8. The lowest BCUT2D eigenvalue weighted by Crippen LogP contribution is -1.88. The molecule has 55 heavy (non-hydrogen) atoms. The number of aryl methyl sites for hydroxylation is 11. The Balaban J connectivity index is 0.000000190. The second kappa shape index (κ2) is 23.2. The molecule has 0 fully saturated rings. The minimum atomic E-state index is 0.879. The third-order valence-electron chi connectivity index (χ3n) is 8.98. The maximum atomic E-state index is 5.69. The van der Waals surface area contributed by atoms with Crippen LogP contribution in [0.5, 0.6) is 11.5 Å². The first-order valence-corrected chi connectivity index (χ1v) is 19.3. The van der Waals surface area contributed by atoms with Crippen LogP contribution in [0.15, 0.2) is 164 Å². The van der Waals surface area contributed by atoms with Crippen LogP contribution in [0, 0.1) is 76.2 Å². The van der Waals surface area contributed by atoms with Gasteiger partial charge in [0.2, 0.25) is 0 Å². The molecule has 1 nitrogen and oxygen atoms in total. The van der Waals surface area contributed by atoms with Crippen molar-refractivity contribution in [2.75, 3.05) is 0 Å². The molecule has 0 atom stereocenters. The monoisotopic (exact) mass is 726 g/mol. The molecule has 7 aromatic rings. The van der Waals surface area contributed by atoms with Gasteiger partial charge in [0.1, 0.15) is 11.5 Å². The van der Waals surface area contributed by atoms with E-state index in [1.54, 1.807) is 0 Å². The van der Waals surface area contributed by atoms with E-state index >= 15 is 0 Å². The van der Waals surface area contributed by atoms with E-state index in [0.717, 1.165) is 17.9 Å². The van der Waals surface area contributed by atoms with Crippen LogP contribution >= 0.6 is 0 Å². The first-order chi connectivity index (χ1) is 26.2. The lowest BCUT2D eigenvalue weighted by atomic mass is 10.0. The molecule has 0 unspecified atom stereocenters. The van der Waals surface area contributed by atoms with Gasteiger partial charge >= 0.3 is 0 Å². The van der Waals surface area contributed by atoms with Crippen molar-refractivity contribution in [2.24, 2.45) is 0 Å². The predicted octanol–water partition coefficient (Wildman–Crippen LogP) is 15.2. The molecule has 0 heterocycles. The Labute approximate surface area is 333 Å². The fourth-order valence-electron chi connectivity index (χ4n) is 5.33. The molecule has 0 spiro atoms. The van der Waals surface area contributed by atoms with Crippen molar-refractivity contribution in [1.29, 1.82) is 0 Å². The highest BCUT2D eigenvalue weighted by molar-refractivity contribution is 5.34. The van der Waals surface area contributed by atoms with Crippen molar-refractivity contribution >= 4 is 0 Å². The van der Waals surface area contributed by atoms with Crippen LogP contribution in [0.3, 0.4) is 0 Å². The minimum Gasteiger partial charge on any atom is -0.457 e. The van der Waals surface area contributed by atoms with Gasteiger partial charge in [-0.2, -0.15) is 0 Å². The lowest BCUT2D eigenvalue weighted by molar-refractivity contribution is 0.482. The summed E-state index contributed by atoms with van der Waals surface area (Å²) in [6.45, 7) is 23.2. The normalized spacial score (nSPS) is 9.80. The van der Waals surface area contributed by atoms with Gasteiger partial charge in [0, 0.05) is 0 Å². The van der Waals surface area contributed by atoms with Crippen LogP contribution in [0.25, 0.3) is 0 Å². The SMILES string of the molecule is Cc1ccc(C)c(C)c1.Cc1ccc(C)cc1.Cc1ccc(Cc2ccc(C)cc2)cc1.Cc1ccc(Oc2ccc(C)cc2)cc1.Cc1cccc(C)c1. The third-order valence-corrected chi connectivity index (χ3v) is 8.98. The van der Waals surface area contributed by atoms with E-state index in [2.05, 4.69) is 191 Å². The van der Waals surface area contributed by atoms with Crippen LogP contribution in [-0.2, 0) is 6.42 Å². The first kappa shape index (κ1) is 43.7. The summed E-state index contributed by atoms with van der Waals surface area (Å²) in [5.41, 5.74) is 17.3. The van der Waals surface area contributed by atoms with Crippen molar-refractivity contribution in [3.8, 4) is 11.5 Å². The summed E-state index contributed by atoms with van der Waals surface area (Å²) < 4.78 is 5.69. The van der Waals surface area contributed by atoms with E-state index in [9.17, 15) is 0 Å². The topological polar surface area (TPSA) is 9.23 Å². The molecule has 1 heteroatoms. The highest BCUT2D eigenvalue weighted by Crippen LogP contribution is 2.21. The van der Waals surface area contributed by atoms with E-state index in [-0.39, 0.29) is 0 Å². The molecule has 7 aromatic carbocycles. The van der Waals surface area contributed by atoms with Crippen molar-refractivity contribution in [3.05, 3.63) is 236 Å². The third kappa shape index (κ3) is 18.3. The summed E-state index contributed by atoms with van der Waals surface area (Å²) in [6.07, 6.45) is 1.03. The second-order valence-electron chi connectivity index (χ2n) is 14.8. The van der Waals surface area contributed by atoms with Crippen LogP contribution in [0.2, 0.25) is 0 Å². The smallest absolute Gasteiger partial charge is 0.127 e. The Bertz CT molecular complexity index is 1890. The first-order valence-electron chi connectivity index (χ1n) is 19.3. The molecular weight excluding hydrogens is 665 g/mol. The van der Waals surface area contributed by atoms with Gasteiger partial charge in [-0.25, -0.2) is 0 Å². The maximum Gasteiger partial charge on any atom is 0.127 e. The molecule has 0 radical (unpaired) electrons. The van der Waals surface area contributed by atoms with Gasteiger partial charge in [-0.1, -0.05) is 190 Å². The summed E-state index contributed by atoms with van der Waals surface area (Å²) >= 11 is 0. The van der Waals surface area contributed by atoms with E-state index in [0.29, 0.717) is 0 Å². The van der Waals surface area contributed by atoms with Crippen LogP contribution < -0.4 is 4.74 Å². The Kier molecular flexibility index (Phi) is 18.4. The van der Waals surface area contributed by atoms with Gasteiger partial charge < -0.3 is 4.74 Å². The average molecular weight is 727 g/mol. The molecule has 0 N–H and O–H groups in total. The Morgan fingerprint density at radius 1 is 0.273 bits per heavy atom. The molecule has 0 saturated carbocycles. The van der Waals surface area contributed by atoms with Gasteiger partial charge in [0.05, 0.1) is 0 Å². The minimum absolute atomic E-state index is 0.879. The van der Waals surface area contributed by atoms with Gasteiger partial charge in [0.25, 0.3) is 0 Å². The van der Waals surface area contributed by atoms with Crippen molar-refractivity contribution < 1.29 is 4.74 Å². The molecule has 7 rings (SSSR count). The van der Waals surface area contributed by atoms with Gasteiger partial charge in [-0.3, -0.25) is 0 Å². The van der Waals surface area contributed by atoms with E-state index in [1.165, 1.54) is 72.3 Å². The van der Waals surface area contributed by atoms with Crippen LogP contribution in [0.1, 0.15) is 72.3 Å². The molecule has 0 bridgehead atoms. The zero-order valence-electron chi connectivity index (χ0n) is 35.2. The summed E-state index contributed by atoms with van der Waals surface area (Å²) in [4.78, 5) is 0. The molecular formula is C54H62O. The van der Waals surface area contributed by atoms with E-state index in [1.807, 2.05) is 48.5 Å². The number of hydrogen-bond donors (Lipinski definition) is 0. The number of ether oxygens (including phenoxy) is 1. The molecule has 284 valence electrons. The van der Waals surface area contributed by atoms with Gasteiger partial charge in [-0.15, -0.1) is 0 Å². The van der Waals surface area contributed by atoms with Crippen molar-refractivity contribution in [2.45, 2.75) is 82.6 Å². The summed E-state index contributed by atoms with van der Waals surface area (Å²) in [5.74, 6) is 1.76. The standard InChI is InChI=1S/C15H16.C14H14O.C9H12.2C8H10/c1-12-3-7-14(8-4-12)11-15-9-5-13(2)6-10-15;1-11-3-7-13(8-4-11)15-14-9-5-12(2)6-10-14;1-7-4-5-8(2)9(3)6-7;1-7-3-5-8(2)6-4-7;1-7-4-3-5-8(2)6-7/h3-10H,11H2,1-2H3;3-10H,1-2H3;4-6H,1-3H3;2*3-6H,1-2H3. The molecule has 0 saturated heterocycles. The van der Waals surface area contributed by atoms with Gasteiger partial charge in [0.15, 0.2) is 0 Å². The van der Waals surface area contributed by atoms with Gasteiger partial charge in [-0.05, 0) is 129 Å². The number of rotatable bonds is 4. The molecule has 0 aromatic heterocycles. The summed E-state index contributed by atoms with van der Waals surface area (Å²) in [7, 11) is 0. The zero-order chi connectivity index (χ0) is 40.2. The zero-order valence-corrected chi connectivity index (χ0v) is 35.2.